The van der Waals surface area contributed by atoms with Gasteiger partial charge in [0.05, 0.1) is 11.9 Å². The van der Waals surface area contributed by atoms with E-state index in [0.717, 1.165) is 48.7 Å². The number of aromatic nitrogens is 3. The number of nitrogens with zero attached hydrogens (tertiary/aromatic N) is 5. The van der Waals surface area contributed by atoms with E-state index in [-0.39, 0.29) is 5.95 Å². The van der Waals surface area contributed by atoms with E-state index in [1.54, 1.807) is 6.20 Å². The average molecular weight is 365 g/mol. The third-order valence-electron chi connectivity index (χ3n) is 4.71. The Hall–Kier alpha value is -3.42. The Morgan fingerprint density at radius 1 is 0.889 bits per heavy atom. The Labute approximate surface area is 156 Å². The monoisotopic (exact) mass is 365 g/mol. The number of hydrogen-bond donors (Lipinski definition) is 2. The predicted octanol–water partition coefficient (Wildman–Crippen LogP) is 2.17. The summed E-state index contributed by atoms with van der Waals surface area (Å²) in [5.74, 6) is 0.103. The Morgan fingerprint density at radius 3 is 2.37 bits per heavy atom. The standard InChI is InChI=1S/C19H20FN7/c20-17-11-14(4-5-23-17)13-2-1-3-15(10-13)26-6-8-27(9-7-26)16-12-24-19(22)25-18(16)21/h1-5,10-12H,6-9H2,(H4,21,22,24,25). The number of rotatable bonds is 3. The molecule has 1 aliphatic heterocycles. The third-order valence-corrected chi connectivity index (χ3v) is 4.71. The highest BCUT2D eigenvalue weighted by Gasteiger charge is 2.20. The van der Waals surface area contributed by atoms with Gasteiger partial charge in [-0.15, -0.1) is 0 Å². The van der Waals surface area contributed by atoms with Crippen LogP contribution >= 0.6 is 0 Å². The summed E-state index contributed by atoms with van der Waals surface area (Å²) < 4.78 is 13.4. The van der Waals surface area contributed by atoms with Gasteiger partial charge in [0.2, 0.25) is 11.9 Å². The van der Waals surface area contributed by atoms with Gasteiger partial charge in [0.1, 0.15) is 0 Å². The van der Waals surface area contributed by atoms with Gasteiger partial charge in [0.25, 0.3) is 0 Å². The van der Waals surface area contributed by atoms with Crippen LogP contribution in [-0.2, 0) is 0 Å². The normalized spacial score (nSPS) is 14.4. The topological polar surface area (TPSA) is 97.2 Å². The van der Waals surface area contributed by atoms with Gasteiger partial charge < -0.3 is 21.3 Å². The minimum atomic E-state index is -0.477. The lowest BCUT2D eigenvalue weighted by molar-refractivity contribution is 0.584. The van der Waals surface area contributed by atoms with Crippen LogP contribution in [0.25, 0.3) is 11.1 Å². The van der Waals surface area contributed by atoms with Crippen molar-refractivity contribution in [2.45, 2.75) is 0 Å². The van der Waals surface area contributed by atoms with Crippen molar-refractivity contribution in [2.75, 3.05) is 47.4 Å². The number of halogens is 1. The Morgan fingerprint density at radius 2 is 1.63 bits per heavy atom. The molecule has 0 amide bonds. The van der Waals surface area contributed by atoms with Crippen LogP contribution in [0.15, 0.2) is 48.8 Å². The van der Waals surface area contributed by atoms with Crippen LogP contribution in [0.5, 0.6) is 0 Å². The predicted molar refractivity (Wildman–Crippen MR) is 105 cm³/mol. The zero-order valence-corrected chi connectivity index (χ0v) is 14.7. The van der Waals surface area contributed by atoms with E-state index in [1.165, 1.54) is 12.3 Å². The van der Waals surface area contributed by atoms with Crippen molar-refractivity contribution in [1.29, 1.82) is 0 Å². The number of nitrogens with two attached hydrogens (primary N) is 2. The van der Waals surface area contributed by atoms with Crippen LogP contribution in [0.3, 0.4) is 0 Å². The molecular weight excluding hydrogens is 345 g/mol. The smallest absolute Gasteiger partial charge is 0.222 e. The minimum Gasteiger partial charge on any atom is -0.382 e. The van der Waals surface area contributed by atoms with Gasteiger partial charge in [-0.25, -0.2) is 9.97 Å². The van der Waals surface area contributed by atoms with Crippen LogP contribution in [0.4, 0.5) is 27.5 Å². The molecule has 1 fully saturated rings. The molecule has 27 heavy (non-hydrogen) atoms. The van der Waals surface area contributed by atoms with Crippen molar-refractivity contribution in [3.8, 4) is 11.1 Å². The summed E-state index contributed by atoms with van der Waals surface area (Å²) in [5, 5.41) is 0. The average Bonchev–Trinajstić information content (AvgIpc) is 2.68. The molecule has 0 bridgehead atoms. The second kappa shape index (κ2) is 7.06. The maximum atomic E-state index is 13.4. The number of piperazine rings is 1. The number of hydrogen-bond acceptors (Lipinski definition) is 7. The largest absolute Gasteiger partial charge is 0.382 e. The van der Waals surface area contributed by atoms with Gasteiger partial charge in [-0.1, -0.05) is 12.1 Å². The van der Waals surface area contributed by atoms with Crippen molar-refractivity contribution >= 4 is 23.1 Å². The zero-order valence-electron chi connectivity index (χ0n) is 14.7. The first-order chi connectivity index (χ1) is 13.1. The first kappa shape index (κ1) is 17.0. The van der Waals surface area contributed by atoms with E-state index >= 15 is 0 Å². The highest BCUT2D eigenvalue weighted by Crippen LogP contribution is 2.27. The van der Waals surface area contributed by atoms with E-state index in [9.17, 15) is 4.39 Å². The van der Waals surface area contributed by atoms with Crippen molar-refractivity contribution in [3.05, 3.63) is 54.7 Å². The first-order valence-electron chi connectivity index (χ1n) is 8.70. The Bertz CT molecular complexity index is 954. The first-order valence-corrected chi connectivity index (χ1v) is 8.70. The van der Waals surface area contributed by atoms with E-state index in [4.69, 9.17) is 11.5 Å². The van der Waals surface area contributed by atoms with E-state index < -0.39 is 5.95 Å². The molecule has 0 saturated carbocycles. The zero-order chi connectivity index (χ0) is 18.8. The molecule has 1 saturated heterocycles. The maximum absolute atomic E-state index is 13.4. The lowest BCUT2D eigenvalue weighted by atomic mass is 10.1. The fourth-order valence-corrected chi connectivity index (χ4v) is 3.32. The minimum absolute atomic E-state index is 0.180. The molecule has 0 unspecified atom stereocenters. The molecule has 138 valence electrons. The molecule has 3 heterocycles. The summed E-state index contributed by atoms with van der Waals surface area (Å²) in [4.78, 5) is 16.1. The van der Waals surface area contributed by atoms with Crippen molar-refractivity contribution in [2.24, 2.45) is 0 Å². The SMILES string of the molecule is Nc1ncc(N2CCN(c3cccc(-c4ccnc(F)c4)c3)CC2)c(N)n1. The highest BCUT2D eigenvalue weighted by atomic mass is 19.1. The summed E-state index contributed by atoms with van der Waals surface area (Å²) in [6, 6.07) is 11.4. The summed E-state index contributed by atoms with van der Waals surface area (Å²) in [6.07, 6.45) is 3.15. The molecule has 4 rings (SSSR count). The quantitative estimate of drug-likeness (QED) is 0.687. The molecular formula is C19H20FN7. The number of pyridine rings is 1. The Kier molecular flexibility index (Phi) is 4.45. The highest BCUT2D eigenvalue weighted by molar-refractivity contribution is 5.69. The molecule has 0 radical (unpaired) electrons. The van der Waals surface area contributed by atoms with Crippen molar-refractivity contribution in [1.82, 2.24) is 15.0 Å². The van der Waals surface area contributed by atoms with Crippen LogP contribution in [0, 0.1) is 5.95 Å². The van der Waals surface area contributed by atoms with Gasteiger partial charge in [-0.05, 0) is 29.3 Å². The van der Waals surface area contributed by atoms with E-state index in [1.807, 2.05) is 18.2 Å². The van der Waals surface area contributed by atoms with Gasteiger partial charge in [-0.2, -0.15) is 9.37 Å². The van der Waals surface area contributed by atoms with Crippen LogP contribution in [0.2, 0.25) is 0 Å². The molecule has 1 aliphatic rings. The second-order valence-corrected chi connectivity index (χ2v) is 6.39. The molecule has 0 aliphatic carbocycles. The lowest BCUT2D eigenvalue weighted by Crippen LogP contribution is -2.46. The molecule has 1 aromatic carbocycles. The van der Waals surface area contributed by atoms with Crippen molar-refractivity contribution < 1.29 is 4.39 Å². The van der Waals surface area contributed by atoms with E-state index in [2.05, 4.69) is 36.9 Å². The summed E-state index contributed by atoms with van der Waals surface area (Å²) >= 11 is 0. The van der Waals surface area contributed by atoms with Crippen LogP contribution < -0.4 is 21.3 Å². The maximum Gasteiger partial charge on any atom is 0.222 e. The van der Waals surface area contributed by atoms with Gasteiger partial charge in [-0.3, -0.25) is 0 Å². The fourth-order valence-electron chi connectivity index (χ4n) is 3.32. The molecule has 4 N–H and O–H groups in total. The van der Waals surface area contributed by atoms with E-state index in [0.29, 0.717) is 5.82 Å². The second-order valence-electron chi connectivity index (χ2n) is 6.39. The lowest BCUT2D eigenvalue weighted by Gasteiger charge is -2.37. The molecule has 7 nitrogen and oxygen atoms in total. The fraction of sp³-hybridized carbons (Fsp3) is 0.211. The third kappa shape index (κ3) is 3.59. The number of anilines is 4. The van der Waals surface area contributed by atoms with Gasteiger partial charge in [0, 0.05) is 44.1 Å². The van der Waals surface area contributed by atoms with Crippen LogP contribution in [0.1, 0.15) is 0 Å². The summed E-state index contributed by atoms with van der Waals surface area (Å²) in [6.45, 7) is 3.26. The number of nitrogen functional groups attached to an aromatic ring is 2. The van der Waals surface area contributed by atoms with Crippen LogP contribution in [-0.4, -0.2) is 41.1 Å². The van der Waals surface area contributed by atoms with Crippen molar-refractivity contribution in [3.63, 3.8) is 0 Å². The molecule has 3 aromatic rings. The molecule has 0 atom stereocenters. The molecule has 8 heteroatoms. The Balaban J connectivity index is 1.49. The van der Waals surface area contributed by atoms with Gasteiger partial charge >= 0.3 is 0 Å². The number of benzene rings is 1. The summed E-state index contributed by atoms with van der Waals surface area (Å²) in [7, 11) is 0. The summed E-state index contributed by atoms with van der Waals surface area (Å²) in [5.41, 5.74) is 15.2. The molecule has 2 aromatic heterocycles. The molecule has 0 spiro atoms. The van der Waals surface area contributed by atoms with Gasteiger partial charge in [0.15, 0.2) is 5.82 Å².